The molecular weight excluding hydrogens is 420 g/mol. The molecule has 0 saturated carbocycles. The molecule has 3 rings (SSSR count). The largest absolute Gasteiger partial charge is 0.435 e. The van der Waals surface area contributed by atoms with Gasteiger partial charge in [0.05, 0.1) is 17.0 Å². The summed E-state index contributed by atoms with van der Waals surface area (Å²) < 4.78 is 31.8. The van der Waals surface area contributed by atoms with Crippen LogP contribution in [0.2, 0.25) is 0 Å². The number of halogens is 2. The van der Waals surface area contributed by atoms with E-state index >= 15 is 0 Å². The maximum absolute atomic E-state index is 12.2. The summed E-state index contributed by atoms with van der Waals surface area (Å²) in [5.74, 6) is 0.872. The van der Waals surface area contributed by atoms with Gasteiger partial charge in [-0.25, -0.2) is 0 Å². The van der Waals surface area contributed by atoms with Gasteiger partial charge in [-0.3, -0.25) is 14.8 Å². The van der Waals surface area contributed by atoms with E-state index in [0.29, 0.717) is 27.9 Å². The number of aromatic nitrogens is 5. The number of rotatable bonds is 8. The molecule has 10 nitrogen and oxygen atoms in total. The fourth-order valence-electron chi connectivity index (χ4n) is 2.62. The van der Waals surface area contributed by atoms with Crippen LogP contribution in [0.4, 0.5) is 14.5 Å². The van der Waals surface area contributed by atoms with Crippen LogP contribution in [0.15, 0.2) is 34.5 Å². The van der Waals surface area contributed by atoms with Crippen molar-refractivity contribution >= 4 is 23.7 Å². The van der Waals surface area contributed by atoms with Crippen LogP contribution in [-0.2, 0) is 5.88 Å². The average Bonchev–Trinajstić information content (AvgIpc) is 3.17. The van der Waals surface area contributed by atoms with Gasteiger partial charge in [-0.05, 0) is 50.6 Å². The molecule has 2 heterocycles. The summed E-state index contributed by atoms with van der Waals surface area (Å²) in [6.45, 7) is 2.06. The Hall–Kier alpha value is -3.35. The summed E-state index contributed by atoms with van der Waals surface area (Å²) in [6.07, 6.45) is 1.53. The topological polar surface area (TPSA) is 113 Å². The lowest BCUT2D eigenvalue weighted by molar-refractivity contribution is -0.386. The lowest BCUT2D eigenvalue weighted by atomic mass is 10.2. The lowest BCUT2D eigenvalue weighted by Crippen LogP contribution is -2.03. The third-order valence-electron chi connectivity index (χ3n) is 4.04. The first-order chi connectivity index (χ1) is 14.3. The number of alkyl halides is 2. The highest BCUT2D eigenvalue weighted by Gasteiger charge is 2.22. The number of hydrogen-bond acceptors (Lipinski definition) is 8. The molecule has 0 spiro atoms. The van der Waals surface area contributed by atoms with Gasteiger partial charge >= 0.3 is 12.3 Å². The van der Waals surface area contributed by atoms with E-state index < -0.39 is 11.5 Å². The van der Waals surface area contributed by atoms with Crippen molar-refractivity contribution in [3.63, 3.8) is 0 Å². The Morgan fingerprint density at radius 3 is 2.57 bits per heavy atom. The summed E-state index contributed by atoms with van der Waals surface area (Å²) in [6, 6.07) is 6.00. The van der Waals surface area contributed by atoms with Gasteiger partial charge < -0.3 is 4.74 Å². The van der Waals surface area contributed by atoms with Gasteiger partial charge in [-0.15, -0.1) is 10.2 Å². The normalized spacial score (nSPS) is 11.5. The molecule has 0 aliphatic rings. The quantitative estimate of drug-likeness (QED) is 0.229. The molecule has 2 aromatic heterocycles. The number of hydrogen-bond donors (Lipinski definition) is 0. The second-order valence-corrected chi connectivity index (χ2v) is 7.00. The zero-order valence-electron chi connectivity index (χ0n) is 16.2. The van der Waals surface area contributed by atoms with E-state index in [1.54, 1.807) is 32.9 Å². The molecule has 0 aliphatic carbocycles. The summed E-state index contributed by atoms with van der Waals surface area (Å²) in [4.78, 5) is 10.7. The molecule has 0 saturated heterocycles. The van der Waals surface area contributed by atoms with E-state index in [-0.39, 0.29) is 17.3 Å². The first-order valence-electron chi connectivity index (χ1n) is 8.58. The molecule has 1 aromatic carbocycles. The van der Waals surface area contributed by atoms with Crippen molar-refractivity contribution in [3.05, 3.63) is 57.2 Å². The minimum atomic E-state index is -2.88. The lowest BCUT2D eigenvalue weighted by Gasteiger charge is -2.05. The molecule has 13 heteroatoms. The highest BCUT2D eigenvalue weighted by Crippen LogP contribution is 2.25. The Kier molecular flexibility index (Phi) is 6.40. The Labute approximate surface area is 173 Å². The van der Waals surface area contributed by atoms with Gasteiger partial charge in [0, 0.05) is 0 Å². The van der Waals surface area contributed by atoms with E-state index in [1.165, 1.54) is 39.5 Å². The van der Waals surface area contributed by atoms with E-state index in [2.05, 4.69) is 25.1 Å². The van der Waals surface area contributed by atoms with Crippen molar-refractivity contribution in [2.75, 3.05) is 0 Å². The average molecular weight is 437 g/mol. The van der Waals surface area contributed by atoms with Crippen LogP contribution < -0.4 is 4.74 Å². The third kappa shape index (κ3) is 4.79. The molecule has 0 atom stereocenters. The van der Waals surface area contributed by atoms with E-state index in [4.69, 9.17) is 0 Å². The fraction of sp³-hybridized carbons (Fsp3) is 0.294. The number of benzene rings is 1. The van der Waals surface area contributed by atoms with Crippen LogP contribution in [0.1, 0.15) is 22.8 Å². The van der Waals surface area contributed by atoms with E-state index in [0.717, 1.165) is 0 Å². The van der Waals surface area contributed by atoms with Crippen LogP contribution in [0.25, 0.3) is 0 Å². The maximum Gasteiger partial charge on any atom is 0.387 e. The van der Waals surface area contributed by atoms with Crippen molar-refractivity contribution in [2.45, 2.75) is 38.4 Å². The molecule has 0 radical (unpaired) electrons. The van der Waals surface area contributed by atoms with Crippen molar-refractivity contribution in [3.8, 4) is 5.75 Å². The second-order valence-electron chi connectivity index (χ2n) is 6.08. The molecule has 3 aromatic rings. The molecule has 0 N–H and O–H groups in total. The minimum absolute atomic E-state index is 0.00876. The number of nitrogens with zero attached hydrogens (tertiary/aromatic N) is 7. The number of ether oxygens (including phenoxy) is 1. The maximum atomic E-state index is 12.2. The van der Waals surface area contributed by atoms with Crippen LogP contribution >= 0.6 is 11.8 Å². The molecular formula is C17H17F2N7O3S. The zero-order valence-corrected chi connectivity index (χ0v) is 17.0. The zero-order chi connectivity index (χ0) is 21.8. The third-order valence-corrected chi connectivity index (χ3v) is 4.92. The molecule has 0 bridgehead atoms. The van der Waals surface area contributed by atoms with Gasteiger partial charge in [-0.1, -0.05) is 11.8 Å². The van der Waals surface area contributed by atoms with Crippen LogP contribution in [0.5, 0.6) is 5.75 Å². The van der Waals surface area contributed by atoms with Crippen molar-refractivity contribution in [1.29, 1.82) is 0 Å². The number of aryl methyl sites for hydroxylation is 2. The van der Waals surface area contributed by atoms with Crippen molar-refractivity contribution in [2.24, 2.45) is 5.10 Å². The van der Waals surface area contributed by atoms with Crippen LogP contribution in [-0.4, -0.2) is 42.4 Å². The number of nitro groups is 1. The van der Waals surface area contributed by atoms with Gasteiger partial charge in [0.1, 0.15) is 17.1 Å². The Morgan fingerprint density at radius 2 is 1.97 bits per heavy atom. The van der Waals surface area contributed by atoms with Crippen LogP contribution in [0.3, 0.4) is 0 Å². The summed E-state index contributed by atoms with van der Waals surface area (Å²) in [7, 11) is 0. The first kappa shape index (κ1) is 21.4. The van der Waals surface area contributed by atoms with Crippen molar-refractivity contribution in [1.82, 2.24) is 24.7 Å². The summed E-state index contributed by atoms with van der Waals surface area (Å²) in [5, 5.41) is 28.2. The standard InChI is InChI=1S/C17H17F2N7O3S/c1-10-15(26(27)28)11(2)24(23-10)9-30-17-22-21-12(3)25(17)20-8-13-4-6-14(7-5-13)29-16(18)19/h4-8,16H,9H2,1-3H3/b20-8-. The smallest absolute Gasteiger partial charge is 0.387 e. The predicted octanol–water partition coefficient (Wildman–Crippen LogP) is 3.54. The molecule has 30 heavy (non-hydrogen) atoms. The van der Waals surface area contributed by atoms with Crippen LogP contribution in [0, 0.1) is 30.9 Å². The van der Waals surface area contributed by atoms with Gasteiger partial charge in [0.15, 0.2) is 5.82 Å². The first-order valence-corrected chi connectivity index (χ1v) is 9.57. The Morgan fingerprint density at radius 1 is 1.27 bits per heavy atom. The van der Waals surface area contributed by atoms with Crippen molar-refractivity contribution < 1.29 is 18.4 Å². The molecule has 0 amide bonds. The number of thioether (sulfide) groups is 1. The second kappa shape index (κ2) is 8.98. The highest BCUT2D eigenvalue weighted by molar-refractivity contribution is 7.98. The molecule has 158 valence electrons. The molecule has 0 aliphatic heterocycles. The highest BCUT2D eigenvalue weighted by atomic mass is 32.2. The molecule has 0 unspecified atom stereocenters. The van der Waals surface area contributed by atoms with Gasteiger partial charge in [0.25, 0.3) is 0 Å². The Balaban J connectivity index is 1.73. The monoisotopic (exact) mass is 437 g/mol. The SMILES string of the molecule is Cc1nn(CSc2nnc(C)n2/N=C\c2ccc(OC(F)F)cc2)c(C)c1[N+](=O)[O-]. The van der Waals surface area contributed by atoms with E-state index in [1.807, 2.05) is 0 Å². The fourth-order valence-corrected chi connectivity index (χ4v) is 3.51. The Bertz CT molecular complexity index is 1080. The molecule has 0 fully saturated rings. The predicted molar refractivity (Wildman–Crippen MR) is 105 cm³/mol. The minimum Gasteiger partial charge on any atom is -0.435 e. The van der Waals surface area contributed by atoms with Gasteiger partial charge in [0.2, 0.25) is 5.16 Å². The summed E-state index contributed by atoms with van der Waals surface area (Å²) in [5.41, 5.74) is 1.44. The summed E-state index contributed by atoms with van der Waals surface area (Å²) >= 11 is 1.26. The van der Waals surface area contributed by atoms with Gasteiger partial charge in [-0.2, -0.15) is 23.7 Å². The van der Waals surface area contributed by atoms with E-state index in [9.17, 15) is 18.9 Å².